The minimum atomic E-state index is -0.175. The minimum Gasteiger partial charge on any atom is -0.481 e. The summed E-state index contributed by atoms with van der Waals surface area (Å²) in [6.07, 6.45) is 0. The summed E-state index contributed by atoms with van der Waals surface area (Å²) in [4.78, 5) is 16.2. The number of benzene rings is 1. The molecule has 4 heteroatoms. The Morgan fingerprint density at radius 2 is 2.00 bits per heavy atom. The normalized spacial score (nSPS) is 10.0. The number of ketones is 1. The maximum Gasteiger partial charge on any atom is 0.213 e. The van der Waals surface area contributed by atoms with E-state index in [-0.39, 0.29) is 5.78 Å². The molecular weight excluding hydrogens is 238 g/mol. The molecule has 3 nitrogen and oxygen atoms in total. The minimum absolute atomic E-state index is 0.175. The SMILES string of the molecule is COc1cccc(C(=O)c2cccc(Cl)c2)n1. The van der Waals surface area contributed by atoms with Crippen LogP contribution in [0.1, 0.15) is 16.1 Å². The molecule has 0 bridgehead atoms. The van der Waals surface area contributed by atoms with Gasteiger partial charge in [-0.25, -0.2) is 4.98 Å². The van der Waals surface area contributed by atoms with E-state index in [1.165, 1.54) is 7.11 Å². The predicted molar refractivity (Wildman–Crippen MR) is 65.7 cm³/mol. The van der Waals surface area contributed by atoms with Crippen molar-refractivity contribution < 1.29 is 9.53 Å². The van der Waals surface area contributed by atoms with E-state index in [0.717, 1.165) is 0 Å². The second-order valence-electron chi connectivity index (χ2n) is 3.40. The maximum atomic E-state index is 12.1. The number of hydrogen-bond acceptors (Lipinski definition) is 3. The van der Waals surface area contributed by atoms with Crippen LogP contribution in [-0.2, 0) is 0 Å². The van der Waals surface area contributed by atoms with Gasteiger partial charge in [-0.15, -0.1) is 0 Å². The Morgan fingerprint density at radius 1 is 1.24 bits per heavy atom. The molecule has 0 saturated heterocycles. The molecule has 0 fully saturated rings. The van der Waals surface area contributed by atoms with Crippen LogP contribution in [0, 0.1) is 0 Å². The van der Waals surface area contributed by atoms with E-state index >= 15 is 0 Å². The van der Waals surface area contributed by atoms with Gasteiger partial charge < -0.3 is 4.74 Å². The van der Waals surface area contributed by atoms with Gasteiger partial charge in [-0.1, -0.05) is 29.8 Å². The first-order chi connectivity index (χ1) is 8.20. The first-order valence-electron chi connectivity index (χ1n) is 5.02. The van der Waals surface area contributed by atoms with Crippen molar-refractivity contribution >= 4 is 17.4 Å². The molecule has 0 spiro atoms. The van der Waals surface area contributed by atoms with Crippen LogP contribution in [0.5, 0.6) is 5.88 Å². The summed E-state index contributed by atoms with van der Waals surface area (Å²) in [6.45, 7) is 0. The van der Waals surface area contributed by atoms with Crippen LogP contribution in [0.25, 0.3) is 0 Å². The summed E-state index contributed by atoms with van der Waals surface area (Å²) in [5.74, 6) is 0.240. The Labute approximate surface area is 104 Å². The molecule has 0 atom stereocenters. The van der Waals surface area contributed by atoms with Crippen LogP contribution in [0.3, 0.4) is 0 Å². The molecule has 0 unspecified atom stereocenters. The quantitative estimate of drug-likeness (QED) is 0.783. The Morgan fingerprint density at radius 3 is 2.71 bits per heavy atom. The number of pyridine rings is 1. The van der Waals surface area contributed by atoms with Crippen LogP contribution < -0.4 is 4.74 Å². The Bertz CT molecular complexity index is 555. The molecule has 0 radical (unpaired) electrons. The van der Waals surface area contributed by atoms with Gasteiger partial charge in [0.25, 0.3) is 0 Å². The van der Waals surface area contributed by atoms with Crippen molar-refractivity contribution in [1.82, 2.24) is 4.98 Å². The van der Waals surface area contributed by atoms with Crippen LogP contribution in [0.2, 0.25) is 5.02 Å². The summed E-state index contributed by atoms with van der Waals surface area (Å²) in [5, 5.41) is 0.527. The second-order valence-corrected chi connectivity index (χ2v) is 3.84. The molecule has 0 aliphatic rings. The molecule has 0 amide bonds. The standard InChI is InChI=1S/C13H10ClNO2/c1-17-12-7-3-6-11(15-12)13(16)9-4-2-5-10(14)8-9/h2-8H,1H3. The molecule has 1 heterocycles. The zero-order chi connectivity index (χ0) is 12.3. The Balaban J connectivity index is 2.36. The third-order valence-electron chi connectivity index (χ3n) is 2.25. The van der Waals surface area contributed by atoms with Crippen molar-refractivity contribution in [3.05, 3.63) is 58.7 Å². The van der Waals surface area contributed by atoms with Gasteiger partial charge in [-0.3, -0.25) is 4.79 Å². The van der Waals surface area contributed by atoms with Gasteiger partial charge in [-0.05, 0) is 18.2 Å². The van der Waals surface area contributed by atoms with Crippen LogP contribution in [0.15, 0.2) is 42.5 Å². The molecular formula is C13H10ClNO2. The van der Waals surface area contributed by atoms with Crippen LogP contribution in [-0.4, -0.2) is 17.9 Å². The summed E-state index contributed by atoms with van der Waals surface area (Å²) in [5.41, 5.74) is 0.852. The molecule has 0 N–H and O–H groups in total. The van der Waals surface area contributed by atoms with Crippen molar-refractivity contribution in [2.75, 3.05) is 7.11 Å². The average molecular weight is 248 g/mol. The van der Waals surface area contributed by atoms with Gasteiger partial charge in [0.05, 0.1) is 7.11 Å². The van der Waals surface area contributed by atoms with Crippen molar-refractivity contribution in [2.45, 2.75) is 0 Å². The summed E-state index contributed by atoms with van der Waals surface area (Å²) < 4.78 is 4.98. The number of methoxy groups -OCH3 is 1. The lowest BCUT2D eigenvalue weighted by Crippen LogP contribution is -2.04. The second kappa shape index (κ2) is 4.97. The van der Waals surface area contributed by atoms with Gasteiger partial charge >= 0.3 is 0 Å². The van der Waals surface area contributed by atoms with E-state index in [2.05, 4.69) is 4.98 Å². The molecule has 0 aliphatic carbocycles. The number of rotatable bonds is 3. The summed E-state index contributed by atoms with van der Waals surface area (Å²) in [6, 6.07) is 11.8. The zero-order valence-corrected chi connectivity index (χ0v) is 9.94. The number of ether oxygens (including phenoxy) is 1. The molecule has 1 aromatic carbocycles. The highest BCUT2D eigenvalue weighted by atomic mass is 35.5. The predicted octanol–water partition coefficient (Wildman–Crippen LogP) is 2.97. The maximum absolute atomic E-state index is 12.1. The van der Waals surface area contributed by atoms with Crippen LogP contribution in [0.4, 0.5) is 0 Å². The molecule has 17 heavy (non-hydrogen) atoms. The first-order valence-corrected chi connectivity index (χ1v) is 5.40. The smallest absolute Gasteiger partial charge is 0.213 e. The number of carbonyl (C=O) groups is 1. The fourth-order valence-corrected chi connectivity index (χ4v) is 1.62. The van der Waals surface area contributed by atoms with E-state index in [1.54, 1.807) is 42.5 Å². The number of nitrogens with zero attached hydrogens (tertiary/aromatic N) is 1. The summed E-state index contributed by atoms with van der Waals surface area (Å²) in [7, 11) is 1.51. The Hall–Kier alpha value is -1.87. The molecule has 0 saturated carbocycles. The number of halogens is 1. The van der Waals surface area contributed by atoms with Gasteiger partial charge in [0.15, 0.2) is 0 Å². The number of carbonyl (C=O) groups excluding carboxylic acids is 1. The fraction of sp³-hybridized carbons (Fsp3) is 0.0769. The van der Waals surface area contributed by atoms with Crippen molar-refractivity contribution in [3.8, 4) is 5.88 Å². The first kappa shape index (κ1) is 11.6. The highest BCUT2D eigenvalue weighted by Crippen LogP contribution is 2.15. The lowest BCUT2D eigenvalue weighted by molar-refractivity contribution is 0.103. The van der Waals surface area contributed by atoms with E-state index < -0.39 is 0 Å². The van der Waals surface area contributed by atoms with Gasteiger partial charge in [-0.2, -0.15) is 0 Å². The molecule has 2 rings (SSSR count). The van der Waals surface area contributed by atoms with Gasteiger partial charge in [0.2, 0.25) is 11.7 Å². The van der Waals surface area contributed by atoms with Gasteiger partial charge in [0.1, 0.15) is 5.69 Å². The lowest BCUT2D eigenvalue weighted by Gasteiger charge is -2.03. The molecule has 0 aliphatic heterocycles. The summed E-state index contributed by atoms with van der Waals surface area (Å²) >= 11 is 5.84. The van der Waals surface area contributed by atoms with Crippen LogP contribution >= 0.6 is 11.6 Å². The van der Waals surface area contributed by atoms with Gasteiger partial charge in [0, 0.05) is 16.7 Å². The highest BCUT2D eigenvalue weighted by molar-refractivity contribution is 6.31. The topological polar surface area (TPSA) is 39.2 Å². The fourth-order valence-electron chi connectivity index (χ4n) is 1.43. The zero-order valence-electron chi connectivity index (χ0n) is 9.18. The number of aromatic nitrogens is 1. The highest BCUT2D eigenvalue weighted by Gasteiger charge is 2.11. The molecule has 2 aromatic rings. The van der Waals surface area contributed by atoms with Crippen molar-refractivity contribution in [3.63, 3.8) is 0 Å². The molecule has 86 valence electrons. The van der Waals surface area contributed by atoms with Crippen molar-refractivity contribution in [2.24, 2.45) is 0 Å². The van der Waals surface area contributed by atoms with Crippen molar-refractivity contribution in [1.29, 1.82) is 0 Å². The molecule has 1 aromatic heterocycles. The van der Waals surface area contributed by atoms with E-state index in [9.17, 15) is 4.79 Å². The third-order valence-corrected chi connectivity index (χ3v) is 2.49. The van der Waals surface area contributed by atoms with E-state index in [0.29, 0.717) is 22.2 Å². The van der Waals surface area contributed by atoms with E-state index in [1.807, 2.05) is 0 Å². The largest absolute Gasteiger partial charge is 0.481 e. The third kappa shape index (κ3) is 2.63. The number of hydrogen-bond donors (Lipinski definition) is 0. The average Bonchev–Trinajstić information content (AvgIpc) is 2.38. The Kier molecular flexibility index (Phi) is 3.40. The van der Waals surface area contributed by atoms with E-state index in [4.69, 9.17) is 16.3 Å². The monoisotopic (exact) mass is 247 g/mol. The lowest BCUT2D eigenvalue weighted by atomic mass is 10.1.